The van der Waals surface area contributed by atoms with Gasteiger partial charge in [-0.25, -0.2) is 9.59 Å². The summed E-state index contributed by atoms with van der Waals surface area (Å²) in [5.41, 5.74) is 5.80. The van der Waals surface area contributed by atoms with E-state index in [0.29, 0.717) is 51.3 Å². The molecule has 0 unspecified atom stereocenters. The summed E-state index contributed by atoms with van der Waals surface area (Å²) in [6, 6.07) is 39.5. The third kappa shape index (κ3) is 26.0. The Labute approximate surface area is 461 Å². The summed E-state index contributed by atoms with van der Waals surface area (Å²) in [6.07, 6.45) is 12.9. The van der Waals surface area contributed by atoms with E-state index >= 15 is 0 Å². The quantitative estimate of drug-likeness (QED) is 0.0283. The number of ketones is 5. The van der Waals surface area contributed by atoms with Crippen molar-refractivity contribution in [2.45, 2.75) is 96.4 Å². The monoisotopic (exact) mass is 1060 g/mol. The van der Waals surface area contributed by atoms with E-state index in [2.05, 4.69) is 0 Å². The Hall–Kier alpha value is -8.47. The molecule has 0 saturated heterocycles. The van der Waals surface area contributed by atoms with E-state index in [9.17, 15) is 38.4 Å². The standard InChI is InChI=1S/C29H24O5.C27H19ClO5.5C2H6/c1-3-27(31)23-11-6-22(7-12-23)10-19-28(32)24-15-17-26(18-16-24)34-29(33)25-13-8-21(9-14-25)5-4-20(2)30;1-18(29)2-3-19-6-11-23(12-7-19)27(32)33-24-15-13-21(14-16-24)25(30)17-8-20-4-9-22(10-5-20)26(28)31;5*1-2/h4-19H,3H2,1-2H3;2-17H,1H3;5*1-2H3. The zero-order valence-electron chi connectivity index (χ0n) is 46.6. The van der Waals surface area contributed by atoms with Crippen LogP contribution in [0.5, 0.6) is 11.5 Å². The molecule has 0 amide bonds. The van der Waals surface area contributed by atoms with Crippen LogP contribution in [-0.2, 0) is 9.59 Å². The number of Topliss-reactive ketones (excluding diaryl/α,β-unsaturated/α-hetero) is 1. The number of rotatable bonds is 17. The molecule has 0 heterocycles. The number of carbonyl (C=O) groups excluding carboxylic acids is 8. The normalized spacial score (nSPS) is 9.95. The molecule has 0 aliphatic carbocycles. The van der Waals surface area contributed by atoms with Gasteiger partial charge in [0.05, 0.1) is 11.1 Å². The van der Waals surface area contributed by atoms with Crippen molar-refractivity contribution in [3.63, 3.8) is 0 Å². The van der Waals surface area contributed by atoms with E-state index in [-0.39, 0.29) is 28.9 Å². The van der Waals surface area contributed by atoms with Crippen LogP contribution >= 0.6 is 11.6 Å². The molecule has 10 nitrogen and oxygen atoms in total. The molecule has 0 aliphatic rings. The molecule has 0 aliphatic heterocycles. The van der Waals surface area contributed by atoms with E-state index in [1.807, 2.05) is 76.2 Å². The maximum atomic E-state index is 12.4. The van der Waals surface area contributed by atoms with Crippen LogP contribution < -0.4 is 9.47 Å². The third-order valence-electron chi connectivity index (χ3n) is 9.56. The molecule has 6 rings (SSSR count). The molecule has 404 valence electrons. The van der Waals surface area contributed by atoms with Gasteiger partial charge in [0.1, 0.15) is 11.5 Å². The zero-order valence-corrected chi connectivity index (χ0v) is 47.4. The molecule has 0 N–H and O–H groups in total. The average Bonchev–Trinajstić information content (AvgIpc) is 3.48. The molecule has 0 fully saturated rings. The van der Waals surface area contributed by atoms with E-state index in [1.54, 1.807) is 170 Å². The lowest BCUT2D eigenvalue weighted by atomic mass is 10.1. The predicted molar refractivity (Wildman–Crippen MR) is 316 cm³/mol. The molecule has 0 bridgehead atoms. The van der Waals surface area contributed by atoms with Crippen LogP contribution in [0.1, 0.15) is 181 Å². The van der Waals surface area contributed by atoms with Gasteiger partial charge in [0.15, 0.2) is 28.9 Å². The van der Waals surface area contributed by atoms with Crippen molar-refractivity contribution in [2.75, 3.05) is 0 Å². The second kappa shape index (κ2) is 39.9. The van der Waals surface area contributed by atoms with Crippen molar-refractivity contribution in [1.82, 2.24) is 0 Å². The van der Waals surface area contributed by atoms with Crippen LogP contribution in [0.25, 0.3) is 24.3 Å². The molecule has 6 aromatic carbocycles. The van der Waals surface area contributed by atoms with Crippen molar-refractivity contribution in [3.05, 3.63) is 226 Å². The highest BCUT2D eigenvalue weighted by Gasteiger charge is 2.12. The summed E-state index contributed by atoms with van der Waals surface area (Å²) in [7, 11) is 0. The first-order valence-corrected chi connectivity index (χ1v) is 26.1. The third-order valence-corrected chi connectivity index (χ3v) is 9.78. The molecular weight excluding hydrogens is 988 g/mol. The summed E-state index contributed by atoms with van der Waals surface area (Å²) in [5, 5.41) is -0.541. The highest BCUT2D eigenvalue weighted by Crippen LogP contribution is 2.19. The van der Waals surface area contributed by atoms with Gasteiger partial charge in [-0.3, -0.25) is 28.8 Å². The summed E-state index contributed by atoms with van der Waals surface area (Å²) in [4.78, 5) is 94.3. The molecular formula is C66H73ClO10. The van der Waals surface area contributed by atoms with E-state index in [4.69, 9.17) is 21.1 Å². The van der Waals surface area contributed by atoms with Gasteiger partial charge in [0, 0.05) is 28.7 Å². The second-order valence-electron chi connectivity index (χ2n) is 14.6. The minimum Gasteiger partial charge on any atom is -0.423 e. The Morgan fingerprint density at radius 3 is 0.857 bits per heavy atom. The molecule has 6 aromatic rings. The summed E-state index contributed by atoms with van der Waals surface area (Å²) >= 11 is 5.41. The lowest BCUT2D eigenvalue weighted by Gasteiger charge is -2.05. The highest BCUT2D eigenvalue weighted by molar-refractivity contribution is 6.67. The van der Waals surface area contributed by atoms with Crippen LogP contribution in [0.3, 0.4) is 0 Å². The number of carbonyl (C=O) groups is 8. The Kier molecular flexibility index (Phi) is 35.5. The van der Waals surface area contributed by atoms with Crippen LogP contribution in [0.4, 0.5) is 0 Å². The maximum absolute atomic E-state index is 12.4. The van der Waals surface area contributed by atoms with Gasteiger partial charge in [-0.2, -0.15) is 0 Å². The van der Waals surface area contributed by atoms with Gasteiger partial charge >= 0.3 is 11.9 Å². The number of hydrogen-bond donors (Lipinski definition) is 0. The largest absolute Gasteiger partial charge is 0.423 e. The first-order chi connectivity index (χ1) is 37.2. The van der Waals surface area contributed by atoms with Crippen molar-refractivity contribution < 1.29 is 47.8 Å². The lowest BCUT2D eigenvalue weighted by Crippen LogP contribution is -2.08. The highest BCUT2D eigenvalue weighted by atomic mass is 35.5. The summed E-state index contributed by atoms with van der Waals surface area (Å²) in [6.45, 7) is 24.7. The Morgan fingerprint density at radius 2 is 0.597 bits per heavy atom. The smallest absolute Gasteiger partial charge is 0.343 e. The molecule has 0 aromatic heterocycles. The summed E-state index contributed by atoms with van der Waals surface area (Å²) < 4.78 is 10.7. The maximum Gasteiger partial charge on any atom is 0.343 e. The van der Waals surface area contributed by atoms with Gasteiger partial charge in [0.2, 0.25) is 0 Å². The van der Waals surface area contributed by atoms with E-state index in [1.165, 1.54) is 38.2 Å². The van der Waals surface area contributed by atoms with Crippen molar-refractivity contribution in [3.8, 4) is 11.5 Å². The minimum atomic E-state index is -0.541. The Bertz CT molecular complexity index is 2890. The Balaban J connectivity index is 0.00000129. The number of esters is 2. The average molecular weight is 1060 g/mol. The Morgan fingerprint density at radius 1 is 0.351 bits per heavy atom. The first-order valence-electron chi connectivity index (χ1n) is 25.8. The van der Waals surface area contributed by atoms with E-state index in [0.717, 1.165) is 22.3 Å². The topological polar surface area (TPSA) is 155 Å². The number of hydrogen-bond acceptors (Lipinski definition) is 10. The molecule has 0 radical (unpaired) electrons. The predicted octanol–water partition coefficient (Wildman–Crippen LogP) is 16.9. The lowest BCUT2D eigenvalue weighted by molar-refractivity contribution is -0.113. The number of halogens is 1. The fourth-order valence-corrected chi connectivity index (χ4v) is 5.97. The molecule has 0 saturated carbocycles. The van der Waals surface area contributed by atoms with Crippen LogP contribution in [0.15, 0.2) is 170 Å². The fourth-order valence-electron chi connectivity index (χ4n) is 5.84. The first kappa shape index (κ1) is 68.5. The van der Waals surface area contributed by atoms with Crippen LogP contribution in [-0.4, -0.2) is 46.1 Å². The van der Waals surface area contributed by atoms with E-state index < -0.39 is 17.2 Å². The summed E-state index contributed by atoms with van der Waals surface area (Å²) in [5.74, 6) is -0.883. The van der Waals surface area contributed by atoms with Gasteiger partial charge in [-0.15, -0.1) is 0 Å². The SMILES string of the molecule is CC.CC.CC.CC.CC.CC(=O)C=Cc1ccc(C(=O)Oc2ccc(C(=O)C=Cc3ccc(C(=O)Cl)cc3)cc2)cc1.CCC(=O)c1ccc(C=CC(=O)c2ccc(OC(=O)c3ccc(C=CC(C)=O)cc3)cc2)cc1. The van der Waals surface area contributed by atoms with Crippen molar-refractivity contribution in [1.29, 1.82) is 0 Å². The molecule has 0 atom stereocenters. The van der Waals surface area contributed by atoms with Gasteiger partial charge in [-0.05, 0) is 157 Å². The molecule has 77 heavy (non-hydrogen) atoms. The zero-order chi connectivity index (χ0) is 58.3. The van der Waals surface area contributed by atoms with Gasteiger partial charge in [-0.1, -0.05) is 161 Å². The number of allylic oxidation sites excluding steroid dienone is 4. The van der Waals surface area contributed by atoms with Crippen LogP contribution in [0.2, 0.25) is 0 Å². The fraction of sp³-hybridized carbons (Fsp3) is 0.212. The molecule has 11 heteroatoms. The van der Waals surface area contributed by atoms with Gasteiger partial charge < -0.3 is 9.47 Å². The number of ether oxygens (including phenoxy) is 2. The van der Waals surface area contributed by atoms with Gasteiger partial charge in [0.25, 0.3) is 5.24 Å². The van der Waals surface area contributed by atoms with Crippen LogP contribution in [0, 0.1) is 0 Å². The van der Waals surface area contributed by atoms with Crippen molar-refractivity contribution >= 4 is 82.0 Å². The molecule has 0 spiro atoms. The minimum absolute atomic E-state index is 0.0559. The van der Waals surface area contributed by atoms with Crippen molar-refractivity contribution in [2.24, 2.45) is 0 Å². The number of benzene rings is 6. The second-order valence-corrected chi connectivity index (χ2v) is 15.0.